The van der Waals surface area contributed by atoms with Crippen molar-refractivity contribution in [3.8, 4) is 0 Å². The number of nitrogens with one attached hydrogen (secondary N) is 2. The van der Waals surface area contributed by atoms with Crippen molar-refractivity contribution in [2.45, 2.75) is 6.42 Å². The van der Waals surface area contributed by atoms with Crippen LogP contribution < -0.4 is 15.5 Å². The van der Waals surface area contributed by atoms with Crippen molar-refractivity contribution in [1.82, 2.24) is 14.9 Å². The Kier molecular flexibility index (Phi) is 13.0. The number of aromatic nitrogens is 2. The van der Waals surface area contributed by atoms with Crippen LogP contribution in [0, 0.1) is 5.82 Å². The fraction of sp³-hybridized carbons (Fsp3) is 0.250. The number of carbonyl (C=O) groups excluding carboxylic acids is 2. The summed E-state index contributed by atoms with van der Waals surface area (Å²) < 4.78 is 13.9. The van der Waals surface area contributed by atoms with E-state index in [0.717, 1.165) is 44.4 Å². The Morgan fingerprint density at radius 2 is 1.68 bits per heavy atom. The molecule has 2 aromatic heterocycles. The molecule has 0 aliphatic carbocycles. The molecule has 0 radical (unpaired) electrons. The Labute approximate surface area is 238 Å². The van der Waals surface area contributed by atoms with Crippen molar-refractivity contribution >= 4 is 77.8 Å². The molecule has 1 aliphatic heterocycles. The molecule has 37 heavy (non-hydrogen) atoms. The van der Waals surface area contributed by atoms with Crippen LogP contribution in [0.3, 0.4) is 0 Å². The number of hydrogen-bond acceptors (Lipinski definition) is 6. The Morgan fingerprint density at radius 1 is 0.892 bits per heavy atom. The van der Waals surface area contributed by atoms with Gasteiger partial charge in [-0.2, -0.15) is 0 Å². The Bertz CT molecular complexity index is 1180. The van der Waals surface area contributed by atoms with Gasteiger partial charge in [0.15, 0.2) is 0 Å². The minimum atomic E-state index is -0.626. The fourth-order valence-electron chi connectivity index (χ4n) is 3.65. The number of carbonyl (C=O) groups is 2. The summed E-state index contributed by atoms with van der Waals surface area (Å²) in [5, 5.41) is 5.64. The first-order valence-corrected chi connectivity index (χ1v) is 11.2. The predicted octanol–water partition coefficient (Wildman–Crippen LogP) is 5.18. The van der Waals surface area contributed by atoms with E-state index in [1.54, 1.807) is 18.3 Å². The third-order valence-electron chi connectivity index (χ3n) is 5.51. The van der Waals surface area contributed by atoms with E-state index in [1.807, 2.05) is 6.07 Å². The molecule has 1 fully saturated rings. The summed E-state index contributed by atoms with van der Waals surface area (Å²) >= 11 is 5.81. The lowest BCUT2D eigenvalue weighted by molar-refractivity contribution is 0.102. The molecule has 1 saturated heterocycles. The molecule has 1 aromatic carbocycles. The second kappa shape index (κ2) is 14.9. The molecule has 2 N–H and O–H groups in total. The summed E-state index contributed by atoms with van der Waals surface area (Å²) in [5.41, 5.74) is 1.24. The third-order valence-corrected chi connectivity index (χ3v) is 5.73. The van der Waals surface area contributed by atoms with Gasteiger partial charge in [-0.05, 0) is 62.5 Å². The Morgan fingerprint density at radius 3 is 2.35 bits per heavy atom. The van der Waals surface area contributed by atoms with Crippen LogP contribution in [0.2, 0.25) is 5.02 Å². The molecule has 3 heterocycles. The highest BCUT2D eigenvalue weighted by molar-refractivity contribution is 6.30. The van der Waals surface area contributed by atoms with E-state index in [1.165, 1.54) is 24.4 Å². The van der Waals surface area contributed by atoms with Gasteiger partial charge in [0.05, 0.1) is 28.2 Å². The lowest BCUT2D eigenvalue weighted by Crippen LogP contribution is -2.28. The van der Waals surface area contributed by atoms with Crippen LogP contribution in [0.1, 0.15) is 27.3 Å². The van der Waals surface area contributed by atoms with Crippen molar-refractivity contribution in [3.05, 3.63) is 77.0 Å². The molecule has 0 spiro atoms. The zero-order valence-electron chi connectivity index (χ0n) is 19.8. The summed E-state index contributed by atoms with van der Waals surface area (Å²) in [7, 11) is 2.10. The first-order chi connectivity index (χ1) is 16.4. The van der Waals surface area contributed by atoms with Gasteiger partial charge < -0.3 is 20.4 Å². The third kappa shape index (κ3) is 8.69. The van der Waals surface area contributed by atoms with E-state index in [-0.39, 0.29) is 60.0 Å². The van der Waals surface area contributed by atoms with Gasteiger partial charge in [0, 0.05) is 25.8 Å². The van der Waals surface area contributed by atoms with Crippen LogP contribution in [0.4, 0.5) is 21.6 Å². The van der Waals surface area contributed by atoms with Gasteiger partial charge in [-0.25, -0.2) is 14.4 Å². The molecule has 0 unspecified atom stereocenters. The van der Waals surface area contributed by atoms with Gasteiger partial charge >= 0.3 is 0 Å². The molecule has 0 atom stereocenters. The molecule has 8 nitrogen and oxygen atoms in total. The number of likely N-dealkylation sites (N-methyl/N-ethyl adjacent to an activating group) is 1. The van der Waals surface area contributed by atoms with E-state index in [2.05, 4.69) is 37.4 Å². The summed E-state index contributed by atoms with van der Waals surface area (Å²) in [6.07, 6.45) is 4.11. The Balaban J connectivity index is 0.00000228. The lowest BCUT2D eigenvalue weighted by atomic mass is 10.1. The van der Waals surface area contributed by atoms with Crippen molar-refractivity contribution in [2.75, 3.05) is 48.8 Å². The summed E-state index contributed by atoms with van der Waals surface area (Å²) in [6.45, 7) is 3.82. The molecule has 0 saturated carbocycles. The van der Waals surface area contributed by atoms with E-state index < -0.39 is 17.6 Å². The lowest BCUT2D eigenvalue weighted by Gasteiger charge is -2.22. The van der Waals surface area contributed by atoms with Crippen molar-refractivity contribution in [3.63, 3.8) is 0 Å². The van der Waals surface area contributed by atoms with Crippen molar-refractivity contribution in [1.29, 1.82) is 0 Å². The minimum absolute atomic E-state index is 0. The molecule has 2 amide bonds. The summed E-state index contributed by atoms with van der Waals surface area (Å²) in [4.78, 5) is 38.4. The number of amides is 2. The van der Waals surface area contributed by atoms with Crippen LogP contribution >= 0.6 is 48.8 Å². The first-order valence-electron chi connectivity index (χ1n) is 10.8. The average Bonchev–Trinajstić information content (AvgIpc) is 3.06. The number of halogens is 5. The number of rotatable bonds is 5. The maximum absolute atomic E-state index is 13.9. The van der Waals surface area contributed by atoms with E-state index in [9.17, 15) is 14.0 Å². The molecule has 0 bridgehead atoms. The maximum Gasteiger partial charge on any atom is 0.274 e. The van der Waals surface area contributed by atoms with Crippen LogP contribution in [-0.4, -0.2) is 59.9 Å². The van der Waals surface area contributed by atoms with Crippen LogP contribution in [0.5, 0.6) is 0 Å². The van der Waals surface area contributed by atoms with Crippen LogP contribution in [0.15, 0.2) is 54.9 Å². The summed E-state index contributed by atoms with van der Waals surface area (Å²) in [5.74, 6) is -1.50. The quantitative estimate of drug-likeness (QED) is 0.425. The van der Waals surface area contributed by atoms with Crippen molar-refractivity contribution < 1.29 is 14.0 Å². The normalized spacial score (nSPS) is 13.2. The second-order valence-corrected chi connectivity index (χ2v) is 8.44. The zero-order chi connectivity index (χ0) is 24.1. The maximum atomic E-state index is 13.9. The predicted molar refractivity (Wildman–Crippen MR) is 152 cm³/mol. The molecule has 3 aromatic rings. The molecule has 200 valence electrons. The molecule has 4 rings (SSSR count). The smallest absolute Gasteiger partial charge is 0.274 e. The highest BCUT2D eigenvalue weighted by Gasteiger charge is 2.18. The van der Waals surface area contributed by atoms with Gasteiger partial charge in [-0.15, -0.1) is 37.2 Å². The van der Waals surface area contributed by atoms with Gasteiger partial charge in [-0.3, -0.25) is 9.59 Å². The van der Waals surface area contributed by atoms with Gasteiger partial charge in [0.1, 0.15) is 17.3 Å². The summed E-state index contributed by atoms with van der Waals surface area (Å²) in [6, 6.07) is 10.1. The monoisotopic (exact) mass is 590 g/mol. The topological polar surface area (TPSA) is 90.5 Å². The zero-order valence-corrected chi connectivity index (χ0v) is 23.0. The average molecular weight is 592 g/mol. The van der Waals surface area contributed by atoms with Crippen LogP contribution in [-0.2, 0) is 0 Å². The van der Waals surface area contributed by atoms with E-state index in [0.29, 0.717) is 5.02 Å². The molecule has 1 aliphatic rings. The highest BCUT2D eigenvalue weighted by atomic mass is 35.5. The van der Waals surface area contributed by atoms with Crippen LogP contribution in [0.25, 0.3) is 0 Å². The van der Waals surface area contributed by atoms with Gasteiger partial charge in [-0.1, -0.05) is 11.6 Å². The highest BCUT2D eigenvalue weighted by Crippen LogP contribution is 2.21. The van der Waals surface area contributed by atoms with E-state index in [4.69, 9.17) is 11.6 Å². The fourth-order valence-corrected chi connectivity index (χ4v) is 3.76. The molecular formula is C24H27Cl4FN6O2. The molecular weight excluding hydrogens is 565 g/mol. The Hall–Kier alpha value is -2.69. The molecule has 13 heteroatoms. The number of anilines is 3. The minimum Gasteiger partial charge on any atom is -0.369 e. The second-order valence-electron chi connectivity index (χ2n) is 8.01. The number of nitrogens with zero attached hydrogens (tertiary/aromatic N) is 4. The van der Waals surface area contributed by atoms with Gasteiger partial charge in [0.25, 0.3) is 11.8 Å². The van der Waals surface area contributed by atoms with E-state index >= 15 is 0 Å². The number of benzene rings is 1. The standard InChI is InChI=1S/C24H24ClFN6O2.3ClH/c1-31-9-2-10-32(12-11-31)18-5-7-21(27-15-18)24(34)29-20-6-4-17(26)13-19(20)23(33)30-22-8-3-16(25)14-28-22;;;/h3-8,13-15H,2,9-12H2,1H3,(H,29,34)(H,28,30,33);3*1H. The van der Waals surface area contributed by atoms with Crippen molar-refractivity contribution in [2.24, 2.45) is 0 Å². The number of pyridine rings is 2. The SMILES string of the molecule is CN1CCCN(c2ccc(C(=O)Nc3ccc(F)cc3C(=O)Nc3ccc(Cl)cn3)nc2)CC1.Cl.Cl.Cl. The largest absolute Gasteiger partial charge is 0.369 e. The van der Waals surface area contributed by atoms with Gasteiger partial charge in [0.2, 0.25) is 0 Å². The number of hydrogen-bond donors (Lipinski definition) is 2. The first kappa shape index (κ1) is 32.3.